The number of Topliss-reactive ketones (excluding diaryl/α,β-unsaturated/α-hetero) is 1. The summed E-state index contributed by atoms with van der Waals surface area (Å²) < 4.78 is 14.6. The number of urea groups is 1. The fraction of sp³-hybridized carbons (Fsp3) is 0.552. The van der Waals surface area contributed by atoms with Crippen LogP contribution in [0.3, 0.4) is 0 Å². The van der Waals surface area contributed by atoms with Gasteiger partial charge in [-0.3, -0.25) is 29.3 Å². The van der Waals surface area contributed by atoms with Crippen molar-refractivity contribution < 1.29 is 33.8 Å². The van der Waals surface area contributed by atoms with Crippen LogP contribution in [0.1, 0.15) is 174 Å². The maximum atomic E-state index is 13.1. The number of amides is 4. The summed E-state index contributed by atoms with van der Waals surface area (Å²) in [6, 6.07) is 17.8. The van der Waals surface area contributed by atoms with Crippen molar-refractivity contribution in [2.45, 2.75) is 208 Å². The highest BCUT2D eigenvalue weighted by Crippen LogP contribution is 2.71. The van der Waals surface area contributed by atoms with Crippen LogP contribution >= 0.6 is 0 Å². The number of carbonyl (C=O) groups is 4. The molecule has 4 bridgehead atoms. The van der Waals surface area contributed by atoms with Gasteiger partial charge < -0.3 is 25.2 Å². The van der Waals surface area contributed by atoms with Gasteiger partial charge >= 0.3 is 6.03 Å². The van der Waals surface area contributed by atoms with Crippen LogP contribution in [-0.4, -0.2) is 89.2 Å². The Morgan fingerprint density at radius 3 is 1.61 bits per heavy atom. The number of aliphatic hydroxyl groups excluding tert-OH is 1. The Labute approximate surface area is 464 Å². The molecule has 4 saturated carbocycles. The third-order valence-corrected chi connectivity index (χ3v) is 22.7. The van der Waals surface area contributed by atoms with E-state index in [2.05, 4.69) is 107 Å². The van der Waals surface area contributed by atoms with E-state index in [-0.39, 0.29) is 75.4 Å². The lowest BCUT2D eigenvalue weighted by molar-refractivity contribution is -0.145. The molecule has 2 unspecified atom stereocenters. The van der Waals surface area contributed by atoms with Crippen molar-refractivity contribution in [3.8, 4) is 0 Å². The molecular weight excluding hydrogens is 987 g/mol. The van der Waals surface area contributed by atoms with Gasteiger partial charge in [-0.25, -0.2) is 4.79 Å². The van der Waals surface area contributed by atoms with Gasteiger partial charge in [0.1, 0.15) is 5.54 Å². The molecule has 4 aromatic rings. The van der Waals surface area contributed by atoms with Gasteiger partial charge in [0.05, 0.1) is 40.5 Å². The van der Waals surface area contributed by atoms with E-state index in [1.165, 1.54) is 79.1 Å². The molecule has 0 radical (unpaired) electrons. The number of hydrogen-bond donors (Lipinski definition) is 3. The maximum absolute atomic E-state index is 13.1. The largest absolute Gasteiger partial charge is 0.393 e. The van der Waals surface area contributed by atoms with Gasteiger partial charge in [0.25, 0.3) is 5.91 Å². The van der Waals surface area contributed by atoms with Crippen LogP contribution < -0.4 is 10.6 Å². The number of pyridine rings is 2. The van der Waals surface area contributed by atoms with Crippen LogP contribution in [0.4, 0.5) is 4.79 Å². The number of carbonyl (C=O) groups excluding carboxylic acids is 4. The second kappa shape index (κ2) is 17.6. The first-order valence-electron chi connectivity index (χ1n) is 29.8. The summed E-state index contributed by atoms with van der Waals surface area (Å²) in [5.74, 6) is 1.74. The normalized spacial score (nSPS) is 39.5. The molecule has 6 aliphatic heterocycles. The maximum Gasteiger partial charge on any atom is 0.325 e. The van der Waals surface area contributed by atoms with Crippen LogP contribution in [0.15, 0.2) is 120 Å². The molecule has 4 spiro atoms. The summed E-state index contributed by atoms with van der Waals surface area (Å²) in [7, 11) is 0. The molecule has 2 aromatic carbocycles. The molecule has 4 amide bonds. The number of benzene rings is 2. The highest BCUT2D eigenvalue weighted by Gasteiger charge is 2.69. The van der Waals surface area contributed by atoms with Crippen LogP contribution in [-0.2, 0) is 23.9 Å². The highest BCUT2D eigenvalue weighted by atomic mass is 16.5. The molecule has 412 valence electrons. The molecule has 8 fully saturated rings. The summed E-state index contributed by atoms with van der Waals surface area (Å²) in [4.78, 5) is 57.6. The zero-order valence-corrected chi connectivity index (χ0v) is 47.0. The second-order valence-electron chi connectivity index (χ2n) is 27.7. The lowest BCUT2D eigenvalue weighted by Gasteiger charge is -2.54. The fourth-order valence-corrected chi connectivity index (χ4v) is 18.7. The summed E-state index contributed by atoms with van der Waals surface area (Å²) in [5.41, 5.74) is 6.50. The Bertz CT molecular complexity index is 3430. The molecule has 12 heteroatoms. The average Bonchev–Trinajstić information content (AvgIpc) is 3.09. The van der Waals surface area contributed by atoms with Crippen molar-refractivity contribution in [1.82, 2.24) is 25.5 Å². The highest BCUT2D eigenvalue weighted by molar-refractivity contribution is 6.09. The second-order valence-corrected chi connectivity index (χ2v) is 27.7. The van der Waals surface area contributed by atoms with Crippen molar-refractivity contribution in [3.63, 3.8) is 0 Å². The minimum Gasteiger partial charge on any atom is -0.393 e. The number of allylic oxidation sites excluding steroid dienone is 2. The van der Waals surface area contributed by atoms with Crippen LogP contribution in [0.5, 0.6) is 0 Å². The van der Waals surface area contributed by atoms with E-state index >= 15 is 0 Å². The van der Waals surface area contributed by atoms with Gasteiger partial charge in [0.15, 0.2) is 5.78 Å². The Hall–Kier alpha value is -5.82. The number of fused-ring (bicyclic) bond motifs is 4. The molecule has 12 atom stereocenters. The number of rotatable bonds is 3. The van der Waals surface area contributed by atoms with Crippen molar-refractivity contribution in [3.05, 3.63) is 131 Å². The number of ether oxygens (including phenoxy) is 2. The summed E-state index contributed by atoms with van der Waals surface area (Å²) in [6.45, 7) is 12.0. The minimum absolute atomic E-state index is 0.0208. The van der Waals surface area contributed by atoms with Crippen molar-refractivity contribution >= 4 is 45.2 Å². The molecule has 12 aliphatic rings. The Morgan fingerprint density at radius 1 is 0.595 bits per heavy atom. The van der Waals surface area contributed by atoms with Gasteiger partial charge in [-0.2, -0.15) is 0 Å². The number of nitrogens with one attached hydrogen (secondary N) is 2. The predicted octanol–water partition coefficient (Wildman–Crippen LogP) is 11.9. The lowest BCUT2D eigenvalue weighted by atomic mass is 9.58. The van der Waals surface area contributed by atoms with Crippen LogP contribution in [0.2, 0.25) is 0 Å². The zero-order valence-electron chi connectivity index (χ0n) is 47.0. The topological polar surface area (TPSA) is 160 Å². The summed E-state index contributed by atoms with van der Waals surface area (Å²) >= 11 is 0. The molecule has 2 aromatic heterocycles. The van der Waals surface area contributed by atoms with Crippen molar-refractivity contribution in [2.75, 3.05) is 0 Å². The van der Waals surface area contributed by atoms with Crippen molar-refractivity contribution in [1.29, 1.82) is 0 Å². The summed E-state index contributed by atoms with van der Waals surface area (Å²) in [6.07, 6.45) is 33.8. The Morgan fingerprint density at radius 2 is 1.13 bits per heavy atom. The number of ketones is 1. The number of aromatic nitrogens is 2. The zero-order chi connectivity index (χ0) is 54.7. The molecule has 4 saturated heterocycles. The van der Waals surface area contributed by atoms with E-state index in [1.54, 1.807) is 27.7 Å². The number of aliphatic hydroxyl groups is 1. The molecule has 8 heterocycles. The molecule has 79 heavy (non-hydrogen) atoms. The fourth-order valence-electron chi connectivity index (χ4n) is 18.7. The monoisotopic (exact) mass is 1060 g/mol. The number of hydrogen-bond acceptors (Lipinski definition) is 9. The Balaban J connectivity index is 0.000000126. The van der Waals surface area contributed by atoms with E-state index in [1.807, 2.05) is 24.8 Å². The lowest BCUT2D eigenvalue weighted by Crippen LogP contribution is -2.56. The molecule has 3 N–H and O–H groups in total. The Kier molecular flexibility index (Phi) is 11.4. The van der Waals surface area contributed by atoms with E-state index in [4.69, 9.17) is 9.47 Å². The molecule has 16 rings (SSSR count). The van der Waals surface area contributed by atoms with Gasteiger partial charge in [-0.15, -0.1) is 0 Å². The first kappa shape index (κ1) is 51.3. The molecular formula is C67H77N5O7. The van der Waals surface area contributed by atoms with Gasteiger partial charge in [-0.05, 0) is 221 Å². The standard InChI is InChI=1S/C33H37N3O3.C28H31NO2.C6H9NO2/c1-30(2)28(37)36(29(38)35-30)25-7-6-23-17-24-10-12-31(3)26(21-5-4-20-11-15-34-19-22(20)16-21)8-9-27(31)33(24)14-13-32(23,18-25)39-33;1-26-10-8-22-15-21-4-5-23(30)16-27(21)11-12-28(22,31-27)25(26)7-6-24(26)19-3-2-18-9-13-29-17-20(18)14-19;1-6(2)4(8)3-5(9)7-6/h4-5,10-11,15-17,19,25-27H,6-9,12-14,18H2,1-3H3,(H,35,38);2-3,8-9,13-15,17,23-25,30H,4-7,10-12,16H2,1H3;3H2,1-2H3,(H,7,9)/t25-,26-,27-,31-,32-,33?;23-,24+,25+,26+,27+,28?;/m10./s1. The average molecular weight is 1060 g/mol. The molecule has 6 aliphatic carbocycles. The SMILES string of the molecule is CC1(C)NC(=O)CC1=O.CC1(C)NC(=O)N([C@@H]2CCC3=CC4=CC[C@]5(C)[C@@H](c6ccc7ccncc7c6)CC[C@H]5C45CC[C@]3(C2)O5)C1=O.C[C@]12CC=C3C=C4CC[C@H](O)C[C@]45CCC3(O5)[C@@H]1CC[C@@H]2c1ccc2ccncc2c1. The number of nitrogens with zero attached hydrogens (tertiary/aromatic N) is 3. The smallest absolute Gasteiger partial charge is 0.325 e. The summed E-state index contributed by atoms with van der Waals surface area (Å²) in [5, 5.41) is 20.8. The van der Waals surface area contributed by atoms with Gasteiger partial charge in [0, 0.05) is 54.4 Å². The van der Waals surface area contributed by atoms with Gasteiger partial charge in [-0.1, -0.05) is 62.4 Å². The van der Waals surface area contributed by atoms with Gasteiger partial charge in [0.2, 0.25) is 5.91 Å². The van der Waals surface area contributed by atoms with Crippen LogP contribution in [0, 0.1) is 22.7 Å². The minimum atomic E-state index is -0.839. The van der Waals surface area contributed by atoms with E-state index in [9.17, 15) is 24.3 Å². The predicted molar refractivity (Wildman–Crippen MR) is 303 cm³/mol. The van der Waals surface area contributed by atoms with E-state index in [0.717, 1.165) is 77.0 Å². The first-order valence-corrected chi connectivity index (χ1v) is 29.8. The third kappa shape index (κ3) is 7.61. The number of imide groups is 1. The van der Waals surface area contributed by atoms with Crippen LogP contribution in [0.25, 0.3) is 21.5 Å². The molecule has 12 nitrogen and oxygen atoms in total. The van der Waals surface area contributed by atoms with Crippen molar-refractivity contribution in [2.24, 2.45) is 22.7 Å². The first-order chi connectivity index (χ1) is 37.7. The van der Waals surface area contributed by atoms with E-state index < -0.39 is 11.1 Å². The third-order valence-electron chi connectivity index (χ3n) is 22.7. The van der Waals surface area contributed by atoms with E-state index in [0.29, 0.717) is 30.1 Å². The quantitative estimate of drug-likeness (QED) is 0.134.